The van der Waals surface area contributed by atoms with E-state index in [1.165, 1.54) is 12.3 Å². The van der Waals surface area contributed by atoms with E-state index in [1.807, 2.05) is 0 Å². The van der Waals surface area contributed by atoms with Crippen molar-refractivity contribution in [1.82, 2.24) is 9.78 Å². The molecule has 1 N–H and O–H groups in total. The molecule has 1 aliphatic heterocycles. The van der Waals surface area contributed by atoms with Crippen LogP contribution in [-0.4, -0.2) is 28.4 Å². The van der Waals surface area contributed by atoms with Crippen molar-refractivity contribution in [3.05, 3.63) is 53.9 Å². The number of aromatic nitrogens is 2. The molecule has 0 spiro atoms. The first-order valence-electron chi connectivity index (χ1n) is 7.69. The zero-order valence-corrected chi connectivity index (χ0v) is 12.9. The first-order valence-corrected chi connectivity index (χ1v) is 7.69. The molecular formula is C17H17F2N3O2. The van der Waals surface area contributed by atoms with Crippen molar-refractivity contribution < 1.29 is 18.3 Å². The summed E-state index contributed by atoms with van der Waals surface area (Å²) in [7, 11) is 0. The third kappa shape index (κ3) is 4.05. The molecule has 0 bridgehead atoms. The molecule has 1 atom stereocenters. The summed E-state index contributed by atoms with van der Waals surface area (Å²) in [6, 6.07) is 3.54. The first-order chi connectivity index (χ1) is 11.6. The van der Waals surface area contributed by atoms with Crippen LogP contribution in [-0.2, 0) is 16.1 Å². The molecule has 0 radical (unpaired) electrons. The molecule has 0 aliphatic carbocycles. The monoisotopic (exact) mass is 333 g/mol. The molecule has 7 heteroatoms. The Morgan fingerprint density at radius 2 is 2.21 bits per heavy atom. The number of anilines is 1. The summed E-state index contributed by atoms with van der Waals surface area (Å²) >= 11 is 0. The zero-order chi connectivity index (χ0) is 16.9. The van der Waals surface area contributed by atoms with E-state index in [-0.39, 0.29) is 11.7 Å². The molecular weight excluding hydrogens is 316 g/mol. The zero-order valence-electron chi connectivity index (χ0n) is 12.9. The molecule has 3 rings (SSSR count). The average Bonchev–Trinajstić information content (AvgIpc) is 3.19. The van der Waals surface area contributed by atoms with Gasteiger partial charge in [0.2, 0.25) is 5.91 Å². The number of amides is 1. The fraction of sp³-hybridized carbons (Fsp3) is 0.294. The van der Waals surface area contributed by atoms with Crippen LogP contribution in [0.4, 0.5) is 14.5 Å². The van der Waals surface area contributed by atoms with Gasteiger partial charge in [0.1, 0.15) is 11.6 Å². The normalized spacial score (nSPS) is 17.5. The van der Waals surface area contributed by atoms with Gasteiger partial charge in [0.15, 0.2) is 0 Å². The third-order valence-electron chi connectivity index (χ3n) is 3.72. The summed E-state index contributed by atoms with van der Waals surface area (Å²) in [5.74, 6) is -1.93. The Labute approximate surface area is 137 Å². The molecule has 1 amide bonds. The number of benzene rings is 1. The number of nitrogens with zero attached hydrogens (tertiary/aromatic N) is 2. The van der Waals surface area contributed by atoms with Crippen LogP contribution in [0.3, 0.4) is 0 Å². The van der Waals surface area contributed by atoms with Crippen molar-refractivity contribution >= 4 is 17.7 Å². The Bertz CT molecular complexity index is 732. The predicted molar refractivity (Wildman–Crippen MR) is 85.2 cm³/mol. The molecule has 1 aromatic carbocycles. The Morgan fingerprint density at radius 1 is 1.42 bits per heavy atom. The SMILES string of the molecule is O=C(/C=C/c1c(F)cccc1F)Nc1cnn(C[C@H]2CCCO2)c1. The van der Waals surface area contributed by atoms with Gasteiger partial charge in [-0.05, 0) is 31.1 Å². The van der Waals surface area contributed by atoms with Crippen LogP contribution in [0.25, 0.3) is 6.08 Å². The molecule has 1 fully saturated rings. The van der Waals surface area contributed by atoms with E-state index < -0.39 is 17.5 Å². The van der Waals surface area contributed by atoms with Crippen molar-refractivity contribution in [1.29, 1.82) is 0 Å². The molecule has 0 unspecified atom stereocenters. The maximum absolute atomic E-state index is 13.5. The molecule has 5 nitrogen and oxygen atoms in total. The standard InChI is InChI=1S/C17H17F2N3O2/c18-15-4-1-5-16(19)14(15)6-7-17(23)21-12-9-20-22(10-12)11-13-3-2-8-24-13/h1,4-7,9-10,13H,2-3,8,11H2,(H,21,23)/b7-6+/t13-/m1/s1. The minimum Gasteiger partial charge on any atom is -0.376 e. The van der Waals surface area contributed by atoms with E-state index in [4.69, 9.17) is 4.74 Å². The highest BCUT2D eigenvalue weighted by Gasteiger charge is 2.16. The van der Waals surface area contributed by atoms with Gasteiger partial charge in [0.25, 0.3) is 0 Å². The number of carbonyl (C=O) groups excluding carboxylic acids is 1. The number of carbonyl (C=O) groups is 1. The second-order valence-electron chi connectivity index (χ2n) is 5.54. The Balaban J connectivity index is 1.58. The van der Waals surface area contributed by atoms with Crippen LogP contribution in [0.15, 0.2) is 36.7 Å². The Hall–Kier alpha value is -2.54. The molecule has 2 heterocycles. The Kier molecular flexibility index (Phi) is 5.00. The largest absolute Gasteiger partial charge is 0.376 e. The maximum atomic E-state index is 13.5. The summed E-state index contributed by atoms with van der Waals surface area (Å²) in [5.41, 5.74) is 0.262. The summed E-state index contributed by atoms with van der Waals surface area (Å²) in [5, 5.41) is 6.76. The minimum absolute atomic E-state index is 0.150. The molecule has 0 saturated carbocycles. The number of ether oxygens (including phenoxy) is 1. The van der Waals surface area contributed by atoms with E-state index in [0.717, 1.165) is 43.7 Å². The molecule has 1 aromatic heterocycles. The summed E-state index contributed by atoms with van der Waals surface area (Å²) in [4.78, 5) is 11.9. The first kappa shape index (κ1) is 16.3. The quantitative estimate of drug-likeness (QED) is 0.856. The van der Waals surface area contributed by atoms with Gasteiger partial charge in [-0.15, -0.1) is 0 Å². The van der Waals surface area contributed by atoms with Crippen LogP contribution in [0, 0.1) is 11.6 Å². The van der Waals surface area contributed by atoms with Crippen molar-refractivity contribution in [3.63, 3.8) is 0 Å². The van der Waals surface area contributed by atoms with Gasteiger partial charge in [0, 0.05) is 24.4 Å². The summed E-state index contributed by atoms with van der Waals surface area (Å²) in [6.07, 6.45) is 7.60. The van der Waals surface area contributed by atoms with Gasteiger partial charge in [-0.2, -0.15) is 5.10 Å². The predicted octanol–water partition coefficient (Wildman–Crippen LogP) is 2.99. The highest BCUT2D eigenvalue weighted by Crippen LogP contribution is 2.16. The lowest BCUT2D eigenvalue weighted by Crippen LogP contribution is -2.15. The minimum atomic E-state index is -0.719. The van der Waals surface area contributed by atoms with Crippen molar-refractivity contribution in [2.75, 3.05) is 11.9 Å². The van der Waals surface area contributed by atoms with E-state index >= 15 is 0 Å². The van der Waals surface area contributed by atoms with E-state index in [1.54, 1.807) is 10.9 Å². The number of halogens is 2. The van der Waals surface area contributed by atoms with Crippen molar-refractivity contribution in [2.24, 2.45) is 0 Å². The number of hydrogen-bond acceptors (Lipinski definition) is 3. The molecule has 24 heavy (non-hydrogen) atoms. The van der Waals surface area contributed by atoms with Crippen LogP contribution in [0.2, 0.25) is 0 Å². The smallest absolute Gasteiger partial charge is 0.248 e. The third-order valence-corrected chi connectivity index (χ3v) is 3.72. The van der Waals surface area contributed by atoms with Crippen LogP contribution in [0.1, 0.15) is 18.4 Å². The van der Waals surface area contributed by atoms with E-state index in [9.17, 15) is 13.6 Å². The second-order valence-corrected chi connectivity index (χ2v) is 5.54. The molecule has 1 saturated heterocycles. The molecule has 126 valence electrons. The lowest BCUT2D eigenvalue weighted by Gasteiger charge is -2.08. The van der Waals surface area contributed by atoms with Gasteiger partial charge >= 0.3 is 0 Å². The lowest BCUT2D eigenvalue weighted by molar-refractivity contribution is -0.111. The number of rotatable bonds is 5. The van der Waals surface area contributed by atoms with Crippen molar-refractivity contribution in [2.45, 2.75) is 25.5 Å². The highest BCUT2D eigenvalue weighted by molar-refractivity contribution is 6.01. The summed E-state index contributed by atoms with van der Waals surface area (Å²) in [6.45, 7) is 1.40. The number of hydrogen-bond donors (Lipinski definition) is 1. The van der Waals surface area contributed by atoms with Gasteiger partial charge in [-0.3, -0.25) is 9.48 Å². The fourth-order valence-corrected chi connectivity index (χ4v) is 2.54. The summed E-state index contributed by atoms with van der Waals surface area (Å²) < 4.78 is 34.2. The van der Waals surface area contributed by atoms with E-state index in [2.05, 4.69) is 10.4 Å². The van der Waals surface area contributed by atoms with Crippen LogP contribution in [0.5, 0.6) is 0 Å². The second kappa shape index (κ2) is 7.35. The van der Waals surface area contributed by atoms with Gasteiger partial charge in [-0.1, -0.05) is 6.07 Å². The highest BCUT2D eigenvalue weighted by atomic mass is 19.1. The topological polar surface area (TPSA) is 56.2 Å². The average molecular weight is 333 g/mol. The van der Waals surface area contributed by atoms with Gasteiger partial charge < -0.3 is 10.1 Å². The van der Waals surface area contributed by atoms with Crippen LogP contribution < -0.4 is 5.32 Å². The maximum Gasteiger partial charge on any atom is 0.248 e. The molecule has 1 aliphatic rings. The fourth-order valence-electron chi connectivity index (χ4n) is 2.54. The van der Waals surface area contributed by atoms with E-state index in [0.29, 0.717) is 12.2 Å². The van der Waals surface area contributed by atoms with Gasteiger partial charge in [-0.25, -0.2) is 8.78 Å². The van der Waals surface area contributed by atoms with Crippen molar-refractivity contribution in [3.8, 4) is 0 Å². The molecule has 2 aromatic rings. The Morgan fingerprint density at radius 3 is 2.92 bits per heavy atom. The van der Waals surface area contributed by atoms with Crippen LogP contribution >= 0.6 is 0 Å². The van der Waals surface area contributed by atoms with Gasteiger partial charge in [0.05, 0.1) is 24.5 Å². The number of nitrogens with one attached hydrogen (secondary N) is 1. The lowest BCUT2D eigenvalue weighted by atomic mass is 10.2.